The van der Waals surface area contributed by atoms with Gasteiger partial charge in [-0.2, -0.15) is 11.3 Å². The SMILES string of the molecule is O=C(O)C1CCOC1c1ccsc1. The van der Waals surface area contributed by atoms with Crippen molar-refractivity contribution in [3.05, 3.63) is 22.4 Å². The second-order valence-corrected chi connectivity index (χ2v) is 3.86. The molecule has 1 fully saturated rings. The molecule has 0 saturated carbocycles. The molecule has 1 aliphatic rings. The summed E-state index contributed by atoms with van der Waals surface area (Å²) in [5.41, 5.74) is 0.995. The van der Waals surface area contributed by atoms with Crippen molar-refractivity contribution < 1.29 is 14.6 Å². The van der Waals surface area contributed by atoms with E-state index in [0.29, 0.717) is 13.0 Å². The Hall–Kier alpha value is -0.870. The van der Waals surface area contributed by atoms with E-state index in [1.807, 2.05) is 16.8 Å². The zero-order chi connectivity index (χ0) is 9.26. The fourth-order valence-corrected chi connectivity index (χ4v) is 2.29. The Morgan fingerprint density at radius 2 is 2.54 bits per heavy atom. The Morgan fingerprint density at radius 3 is 3.15 bits per heavy atom. The molecule has 13 heavy (non-hydrogen) atoms. The number of hydrogen-bond acceptors (Lipinski definition) is 3. The highest BCUT2D eigenvalue weighted by Gasteiger charge is 2.35. The average molecular weight is 198 g/mol. The molecule has 1 saturated heterocycles. The first-order chi connectivity index (χ1) is 6.29. The van der Waals surface area contributed by atoms with Gasteiger partial charge in [-0.05, 0) is 28.8 Å². The van der Waals surface area contributed by atoms with Gasteiger partial charge in [-0.25, -0.2) is 0 Å². The van der Waals surface area contributed by atoms with Gasteiger partial charge in [-0.15, -0.1) is 0 Å². The van der Waals surface area contributed by atoms with Gasteiger partial charge >= 0.3 is 5.97 Å². The van der Waals surface area contributed by atoms with E-state index in [4.69, 9.17) is 9.84 Å². The van der Waals surface area contributed by atoms with Crippen molar-refractivity contribution in [1.82, 2.24) is 0 Å². The highest BCUT2D eigenvalue weighted by atomic mass is 32.1. The topological polar surface area (TPSA) is 46.5 Å². The molecule has 1 aromatic rings. The van der Waals surface area contributed by atoms with Gasteiger partial charge in [0.15, 0.2) is 0 Å². The summed E-state index contributed by atoms with van der Waals surface area (Å²) >= 11 is 1.57. The first-order valence-corrected chi connectivity index (χ1v) is 5.10. The number of carboxylic acid groups (broad SMARTS) is 1. The highest BCUT2D eigenvalue weighted by Crippen LogP contribution is 2.35. The minimum atomic E-state index is -0.756. The summed E-state index contributed by atoms with van der Waals surface area (Å²) in [6.45, 7) is 0.553. The first-order valence-electron chi connectivity index (χ1n) is 4.15. The van der Waals surface area contributed by atoms with Crippen LogP contribution in [-0.4, -0.2) is 17.7 Å². The van der Waals surface area contributed by atoms with Crippen molar-refractivity contribution in [3.8, 4) is 0 Å². The number of ether oxygens (including phenoxy) is 1. The molecule has 0 aromatic carbocycles. The van der Waals surface area contributed by atoms with E-state index < -0.39 is 5.97 Å². The third kappa shape index (κ3) is 1.59. The Balaban J connectivity index is 2.19. The van der Waals surface area contributed by atoms with Crippen LogP contribution in [0.3, 0.4) is 0 Å². The first kappa shape index (κ1) is 8.72. The zero-order valence-corrected chi connectivity index (χ0v) is 7.79. The Morgan fingerprint density at radius 1 is 1.69 bits per heavy atom. The van der Waals surface area contributed by atoms with E-state index in [2.05, 4.69) is 0 Å². The van der Waals surface area contributed by atoms with Gasteiger partial charge in [0, 0.05) is 6.61 Å². The van der Waals surface area contributed by atoms with Crippen molar-refractivity contribution in [2.75, 3.05) is 6.61 Å². The summed E-state index contributed by atoms with van der Waals surface area (Å²) in [6.07, 6.45) is 0.388. The summed E-state index contributed by atoms with van der Waals surface area (Å²) in [4.78, 5) is 10.8. The van der Waals surface area contributed by atoms with Gasteiger partial charge in [0.05, 0.1) is 12.0 Å². The van der Waals surface area contributed by atoms with Crippen LogP contribution in [0, 0.1) is 5.92 Å². The second kappa shape index (κ2) is 3.47. The maximum Gasteiger partial charge on any atom is 0.309 e. The Kier molecular flexibility index (Phi) is 2.33. The van der Waals surface area contributed by atoms with Crippen molar-refractivity contribution in [2.45, 2.75) is 12.5 Å². The second-order valence-electron chi connectivity index (χ2n) is 3.08. The van der Waals surface area contributed by atoms with E-state index in [-0.39, 0.29) is 12.0 Å². The van der Waals surface area contributed by atoms with Crippen molar-refractivity contribution in [3.63, 3.8) is 0 Å². The number of carboxylic acids is 1. The lowest BCUT2D eigenvalue weighted by molar-refractivity contribution is -0.143. The van der Waals surface area contributed by atoms with Crippen molar-refractivity contribution in [2.24, 2.45) is 5.92 Å². The largest absolute Gasteiger partial charge is 0.481 e. The number of rotatable bonds is 2. The molecule has 0 amide bonds. The maximum absolute atomic E-state index is 10.8. The predicted octanol–water partition coefficient (Wildman–Crippen LogP) is 1.91. The smallest absolute Gasteiger partial charge is 0.309 e. The molecular formula is C9H10O3S. The monoisotopic (exact) mass is 198 g/mol. The van der Waals surface area contributed by atoms with Crippen LogP contribution in [0.5, 0.6) is 0 Å². The molecule has 2 heterocycles. The Labute approximate surface area is 80.0 Å². The molecule has 0 bridgehead atoms. The lowest BCUT2D eigenvalue weighted by atomic mass is 9.98. The van der Waals surface area contributed by atoms with E-state index in [1.165, 1.54) is 0 Å². The van der Waals surface area contributed by atoms with Crippen molar-refractivity contribution in [1.29, 1.82) is 0 Å². The van der Waals surface area contributed by atoms with Crippen LogP contribution in [0.15, 0.2) is 16.8 Å². The lowest BCUT2D eigenvalue weighted by Crippen LogP contribution is -2.16. The third-order valence-corrected chi connectivity index (χ3v) is 2.98. The third-order valence-electron chi connectivity index (χ3n) is 2.28. The molecule has 1 aromatic heterocycles. The van der Waals surface area contributed by atoms with E-state index in [0.717, 1.165) is 5.56 Å². The van der Waals surface area contributed by atoms with Crippen LogP contribution in [0.4, 0.5) is 0 Å². The summed E-state index contributed by atoms with van der Waals surface area (Å²) in [5.74, 6) is -1.12. The fourth-order valence-electron chi connectivity index (χ4n) is 1.61. The molecule has 3 nitrogen and oxygen atoms in total. The molecule has 70 valence electrons. The van der Waals surface area contributed by atoms with Crippen LogP contribution in [0.25, 0.3) is 0 Å². The average Bonchev–Trinajstić information content (AvgIpc) is 2.74. The van der Waals surface area contributed by atoms with Crippen LogP contribution < -0.4 is 0 Å². The molecular weight excluding hydrogens is 188 g/mol. The number of aliphatic carboxylic acids is 1. The minimum Gasteiger partial charge on any atom is -0.481 e. The molecule has 0 aliphatic carbocycles. The molecule has 1 N–H and O–H groups in total. The van der Waals surface area contributed by atoms with Crippen molar-refractivity contribution >= 4 is 17.3 Å². The van der Waals surface area contributed by atoms with Crippen LogP contribution >= 0.6 is 11.3 Å². The summed E-state index contributed by atoms with van der Waals surface area (Å²) in [5, 5.41) is 12.8. The standard InChI is InChI=1S/C9H10O3S/c10-9(11)7-1-3-12-8(7)6-2-4-13-5-6/h2,4-5,7-8H,1,3H2,(H,10,11). The van der Waals surface area contributed by atoms with Gasteiger partial charge in [-0.3, -0.25) is 4.79 Å². The normalized spacial score (nSPS) is 27.7. The molecule has 0 radical (unpaired) electrons. The number of carbonyl (C=O) groups is 1. The Bertz CT molecular complexity index is 294. The molecule has 0 spiro atoms. The summed E-state index contributed by atoms with van der Waals surface area (Å²) < 4.78 is 5.40. The van der Waals surface area contributed by atoms with Crippen LogP contribution in [0.1, 0.15) is 18.1 Å². The zero-order valence-electron chi connectivity index (χ0n) is 6.97. The maximum atomic E-state index is 10.8. The predicted molar refractivity (Wildman–Crippen MR) is 48.8 cm³/mol. The summed E-state index contributed by atoms with van der Waals surface area (Å²) in [7, 11) is 0. The van der Waals surface area contributed by atoms with E-state index in [9.17, 15) is 4.79 Å². The molecule has 1 aliphatic heterocycles. The molecule has 2 atom stereocenters. The van der Waals surface area contributed by atoms with Gasteiger partial charge < -0.3 is 9.84 Å². The van der Waals surface area contributed by atoms with Gasteiger partial charge in [-0.1, -0.05) is 0 Å². The number of hydrogen-bond donors (Lipinski definition) is 1. The molecule has 2 rings (SSSR count). The van der Waals surface area contributed by atoms with E-state index >= 15 is 0 Å². The van der Waals surface area contributed by atoms with Gasteiger partial charge in [0.2, 0.25) is 0 Å². The highest BCUT2D eigenvalue weighted by molar-refractivity contribution is 7.07. The van der Waals surface area contributed by atoms with Crippen LogP contribution in [0.2, 0.25) is 0 Å². The fraction of sp³-hybridized carbons (Fsp3) is 0.444. The summed E-state index contributed by atoms with van der Waals surface area (Å²) in [6, 6.07) is 1.93. The van der Waals surface area contributed by atoms with Crippen LogP contribution in [-0.2, 0) is 9.53 Å². The lowest BCUT2D eigenvalue weighted by Gasteiger charge is -2.12. The minimum absolute atomic E-state index is 0.233. The van der Waals surface area contributed by atoms with Gasteiger partial charge in [0.25, 0.3) is 0 Å². The molecule has 2 unspecified atom stereocenters. The number of thiophene rings is 1. The van der Waals surface area contributed by atoms with E-state index in [1.54, 1.807) is 11.3 Å². The molecule has 4 heteroatoms. The van der Waals surface area contributed by atoms with Gasteiger partial charge in [0.1, 0.15) is 0 Å². The quantitative estimate of drug-likeness (QED) is 0.789.